The van der Waals surface area contributed by atoms with E-state index in [1.165, 1.54) is 5.56 Å². The van der Waals surface area contributed by atoms with Gasteiger partial charge in [0.1, 0.15) is 5.75 Å². The molecule has 0 bridgehead atoms. The number of rotatable bonds is 5. The SMILES string of the molecule is CC(C)Oc1cncc(C(N)Cc2ccccc2Br)c1. The average molecular weight is 335 g/mol. The summed E-state index contributed by atoms with van der Waals surface area (Å²) in [6, 6.07) is 9.98. The summed E-state index contributed by atoms with van der Waals surface area (Å²) in [6.45, 7) is 3.99. The smallest absolute Gasteiger partial charge is 0.138 e. The first-order valence-corrected chi connectivity index (χ1v) is 7.46. The van der Waals surface area contributed by atoms with Crippen molar-refractivity contribution in [1.29, 1.82) is 0 Å². The molecule has 0 aliphatic heterocycles. The molecule has 1 unspecified atom stereocenters. The molecule has 1 atom stereocenters. The highest BCUT2D eigenvalue weighted by Crippen LogP contribution is 2.24. The average Bonchev–Trinajstić information content (AvgIpc) is 2.41. The summed E-state index contributed by atoms with van der Waals surface area (Å²) in [6.07, 6.45) is 4.41. The van der Waals surface area contributed by atoms with Gasteiger partial charge in [0.05, 0.1) is 12.3 Å². The number of nitrogens with zero attached hydrogens (tertiary/aromatic N) is 1. The van der Waals surface area contributed by atoms with Gasteiger partial charge in [-0.1, -0.05) is 34.1 Å². The van der Waals surface area contributed by atoms with Gasteiger partial charge in [-0.25, -0.2) is 0 Å². The fraction of sp³-hybridized carbons (Fsp3) is 0.312. The molecule has 4 heteroatoms. The predicted molar refractivity (Wildman–Crippen MR) is 84.8 cm³/mol. The predicted octanol–water partition coefficient (Wildman–Crippen LogP) is 3.87. The van der Waals surface area contributed by atoms with Crippen molar-refractivity contribution in [2.45, 2.75) is 32.4 Å². The van der Waals surface area contributed by atoms with Crippen molar-refractivity contribution in [3.63, 3.8) is 0 Å². The number of hydrogen-bond donors (Lipinski definition) is 1. The first-order valence-electron chi connectivity index (χ1n) is 6.67. The molecule has 0 aliphatic carbocycles. The molecule has 0 aliphatic rings. The minimum atomic E-state index is -0.100. The monoisotopic (exact) mass is 334 g/mol. The Morgan fingerprint density at radius 1 is 1.25 bits per heavy atom. The van der Waals surface area contributed by atoms with Crippen LogP contribution in [0.1, 0.15) is 31.0 Å². The Hall–Kier alpha value is -1.39. The second-order valence-electron chi connectivity index (χ2n) is 5.02. The van der Waals surface area contributed by atoms with E-state index < -0.39 is 0 Å². The van der Waals surface area contributed by atoms with Gasteiger partial charge in [-0.05, 0) is 43.5 Å². The maximum atomic E-state index is 6.28. The van der Waals surface area contributed by atoms with E-state index in [1.54, 1.807) is 12.4 Å². The second kappa shape index (κ2) is 6.86. The lowest BCUT2D eigenvalue weighted by molar-refractivity contribution is 0.241. The van der Waals surface area contributed by atoms with Gasteiger partial charge in [-0.2, -0.15) is 0 Å². The summed E-state index contributed by atoms with van der Waals surface area (Å²) in [5.74, 6) is 0.764. The molecule has 1 aromatic heterocycles. The molecule has 1 heterocycles. The summed E-state index contributed by atoms with van der Waals surface area (Å²) in [5, 5.41) is 0. The molecule has 0 spiro atoms. The largest absolute Gasteiger partial charge is 0.489 e. The van der Waals surface area contributed by atoms with E-state index in [-0.39, 0.29) is 12.1 Å². The van der Waals surface area contributed by atoms with Crippen molar-refractivity contribution in [3.8, 4) is 5.75 Å². The van der Waals surface area contributed by atoms with Crippen molar-refractivity contribution in [2.24, 2.45) is 5.73 Å². The zero-order valence-electron chi connectivity index (χ0n) is 11.7. The molecule has 20 heavy (non-hydrogen) atoms. The molecule has 1 aromatic carbocycles. The fourth-order valence-electron chi connectivity index (χ4n) is 1.99. The summed E-state index contributed by atoms with van der Waals surface area (Å²) >= 11 is 3.55. The van der Waals surface area contributed by atoms with Crippen LogP contribution in [0, 0.1) is 0 Å². The standard InChI is InChI=1S/C16H19BrN2O/c1-11(2)20-14-7-13(9-19-10-14)16(18)8-12-5-3-4-6-15(12)17/h3-7,9-11,16H,8,18H2,1-2H3. The summed E-state index contributed by atoms with van der Waals surface area (Å²) in [4.78, 5) is 4.21. The molecule has 2 aromatic rings. The number of pyridine rings is 1. The minimum absolute atomic E-state index is 0.100. The Balaban J connectivity index is 2.13. The number of nitrogens with two attached hydrogens (primary N) is 1. The number of halogens is 1. The lowest BCUT2D eigenvalue weighted by atomic mass is 10.0. The van der Waals surface area contributed by atoms with Crippen LogP contribution in [0.2, 0.25) is 0 Å². The molecular weight excluding hydrogens is 316 g/mol. The van der Waals surface area contributed by atoms with E-state index in [9.17, 15) is 0 Å². The van der Waals surface area contributed by atoms with E-state index >= 15 is 0 Å². The van der Waals surface area contributed by atoms with Gasteiger partial charge in [0, 0.05) is 16.7 Å². The van der Waals surface area contributed by atoms with Gasteiger partial charge in [-0.15, -0.1) is 0 Å². The zero-order chi connectivity index (χ0) is 14.5. The Morgan fingerprint density at radius 3 is 2.70 bits per heavy atom. The van der Waals surface area contributed by atoms with Crippen LogP contribution >= 0.6 is 15.9 Å². The Kier molecular flexibility index (Phi) is 5.15. The third-order valence-corrected chi connectivity index (χ3v) is 3.71. The van der Waals surface area contributed by atoms with E-state index in [1.807, 2.05) is 38.1 Å². The van der Waals surface area contributed by atoms with Crippen LogP contribution in [0.15, 0.2) is 47.2 Å². The van der Waals surface area contributed by atoms with Crippen molar-refractivity contribution < 1.29 is 4.74 Å². The fourth-order valence-corrected chi connectivity index (χ4v) is 2.44. The molecule has 0 fully saturated rings. The number of ether oxygens (including phenoxy) is 1. The molecule has 0 saturated heterocycles. The van der Waals surface area contributed by atoms with Crippen LogP contribution < -0.4 is 10.5 Å². The topological polar surface area (TPSA) is 48.1 Å². The van der Waals surface area contributed by atoms with Gasteiger partial charge in [0.15, 0.2) is 0 Å². The summed E-state index contributed by atoms with van der Waals surface area (Å²) in [7, 11) is 0. The van der Waals surface area contributed by atoms with Crippen LogP contribution in [0.4, 0.5) is 0 Å². The van der Waals surface area contributed by atoms with Gasteiger partial charge >= 0.3 is 0 Å². The Bertz CT molecular complexity index is 572. The number of benzene rings is 1. The highest BCUT2D eigenvalue weighted by Gasteiger charge is 2.11. The van der Waals surface area contributed by atoms with Crippen molar-refractivity contribution in [1.82, 2.24) is 4.98 Å². The number of aromatic nitrogens is 1. The zero-order valence-corrected chi connectivity index (χ0v) is 13.3. The van der Waals surface area contributed by atoms with Crippen molar-refractivity contribution in [3.05, 3.63) is 58.3 Å². The van der Waals surface area contributed by atoms with Crippen molar-refractivity contribution in [2.75, 3.05) is 0 Å². The first kappa shape index (κ1) is 15.0. The van der Waals surface area contributed by atoms with Crippen molar-refractivity contribution >= 4 is 15.9 Å². The summed E-state index contributed by atoms with van der Waals surface area (Å²) < 4.78 is 6.73. The quantitative estimate of drug-likeness (QED) is 0.902. The highest BCUT2D eigenvalue weighted by atomic mass is 79.9. The van der Waals surface area contributed by atoms with Crippen LogP contribution in [0.3, 0.4) is 0 Å². The van der Waals surface area contributed by atoms with Gasteiger partial charge < -0.3 is 10.5 Å². The minimum Gasteiger partial charge on any atom is -0.489 e. The maximum absolute atomic E-state index is 6.28. The van der Waals surface area contributed by atoms with Crippen LogP contribution in [0.25, 0.3) is 0 Å². The first-order chi connectivity index (χ1) is 9.56. The molecule has 2 rings (SSSR count). The van der Waals surface area contributed by atoms with Gasteiger partial charge in [-0.3, -0.25) is 4.98 Å². The molecule has 0 amide bonds. The van der Waals surface area contributed by atoms with E-state index in [2.05, 4.69) is 27.0 Å². The lowest BCUT2D eigenvalue weighted by Gasteiger charge is -2.15. The third kappa shape index (κ3) is 4.05. The Labute approximate surface area is 128 Å². The molecule has 106 valence electrons. The second-order valence-corrected chi connectivity index (χ2v) is 5.88. The van der Waals surface area contributed by atoms with Gasteiger partial charge in [0.2, 0.25) is 0 Å². The van der Waals surface area contributed by atoms with Gasteiger partial charge in [0.25, 0.3) is 0 Å². The van der Waals surface area contributed by atoms with E-state index in [4.69, 9.17) is 10.5 Å². The summed E-state index contributed by atoms with van der Waals surface area (Å²) in [5.41, 5.74) is 8.45. The Morgan fingerprint density at radius 2 is 2.00 bits per heavy atom. The number of hydrogen-bond acceptors (Lipinski definition) is 3. The highest BCUT2D eigenvalue weighted by molar-refractivity contribution is 9.10. The lowest BCUT2D eigenvalue weighted by Crippen LogP contribution is -2.14. The molecule has 3 nitrogen and oxygen atoms in total. The normalized spacial score (nSPS) is 12.4. The third-order valence-electron chi connectivity index (χ3n) is 2.93. The van der Waals surface area contributed by atoms with Crippen LogP contribution in [-0.4, -0.2) is 11.1 Å². The van der Waals surface area contributed by atoms with Crippen LogP contribution in [0.5, 0.6) is 5.75 Å². The molecular formula is C16H19BrN2O. The van der Waals surface area contributed by atoms with E-state index in [0.717, 1.165) is 22.2 Å². The molecule has 0 saturated carbocycles. The van der Waals surface area contributed by atoms with Crippen LogP contribution in [-0.2, 0) is 6.42 Å². The van der Waals surface area contributed by atoms with E-state index in [0.29, 0.717) is 0 Å². The molecule has 2 N–H and O–H groups in total. The maximum Gasteiger partial charge on any atom is 0.138 e. The molecule has 0 radical (unpaired) electrons.